The van der Waals surface area contributed by atoms with Crippen molar-refractivity contribution in [2.75, 3.05) is 72.1 Å². The van der Waals surface area contributed by atoms with Crippen LogP contribution < -0.4 is 5.32 Å². The van der Waals surface area contributed by atoms with E-state index in [4.69, 9.17) is 4.74 Å². The van der Waals surface area contributed by atoms with E-state index in [0.29, 0.717) is 25.3 Å². The van der Waals surface area contributed by atoms with Crippen molar-refractivity contribution in [2.45, 2.75) is 6.92 Å². The van der Waals surface area contributed by atoms with E-state index >= 15 is 0 Å². The lowest BCUT2D eigenvalue weighted by atomic mass is 10.2. The van der Waals surface area contributed by atoms with Gasteiger partial charge in [-0.15, -0.1) is 0 Å². The van der Waals surface area contributed by atoms with E-state index < -0.39 is 0 Å². The molecule has 27 heavy (non-hydrogen) atoms. The summed E-state index contributed by atoms with van der Waals surface area (Å²) in [5.41, 5.74) is 0.621. The van der Waals surface area contributed by atoms with Crippen LogP contribution in [0.25, 0.3) is 0 Å². The standard InChI is InChI=1S/C19H29N5O3/c1-2-22-8-10-24(11-9-22)19(26)17-5-3-4-16(21-17)18(25)20-6-7-23-12-14-27-15-13-23/h3-5H,2,6-15H2,1H3,(H,20,25). The molecule has 0 aliphatic carbocycles. The number of carbonyl (C=O) groups excluding carboxylic acids is 2. The Kier molecular flexibility index (Phi) is 7.14. The predicted octanol–water partition coefficient (Wildman–Crippen LogP) is -0.0787. The second-order valence-corrected chi connectivity index (χ2v) is 6.84. The molecule has 2 saturated heterocycles. The van der Waals surface area contributed by atoms with Gasteiger partial charge in [0.15, 0.2) is 0 Å². The van der Waals surface area contributed by atoms with Crippen molar-refractivity contribution in [3.05, 3.63) is 29.6 Å². The highest BCUT2D eigenvalue weighted by molar-refractivity contribution is 5.96. The molecule has 1 aromatic rings. The van der Waals surface area contributed by atoms with Crippen LogP contribution in [0, 0.1) is 0 Å². The number of ether oxygens (including phenoxy) is 1. The number of carbonyl (C=O) groups is 2. The maximum absolute atomic E-state index is 12.7. The molecule has 0 aromatic carbocycles. The molecule has 1 aromatic heterocycles. The Morgan fingerprint density at radius 3 is 2.44 bits per heavy atom. The number of morpholine rings is 1. The van der Waals surface area contributed by atoms with Crippen LogP contribution in [0.15, 0.2) is 18.2 Å². The van der Waals surface area contributed by atoms with Gasteiger partial charge in [0.1, 0.15) is 11.4 Å². The summed E-state index contributed by atoms with van der Waals surface area (Å²) in [5, 5.41) is 2.89. The van der Waals surface area contributed by atoms with E-state index in [1.807, 2.05) is 4.90 Å². The number of pyridine rings is 1. The van der Waals surface area contributed by atoms with E-state index in [-0.39, 0.29) is 17.5 Å². The minimum absolute atomic E-state index is 0.103. The summed E-state index contributed by atoms with van der Waals surface area (Å²) in [5.74, 6) is -0.345. The molecule has 2 amide bonds. The van der Waals surface area contributed by atoms with Crippen molar-refractivity contribution in [1.29, 1.82) is 0 Å². The zero-order valence-corrected chi connectivity index (χ0v) is 16.0. The van der Waals surface area contributed by atoms with Gasteiger partial charge in [0, 0.05) is 52.4 Å². The molecule has 2 fully saturated rings. The number of nitrogens with one attached hydrogen (secondary N) is 1. The number of likely N-dealkylation sites (N-methyl/N-ethyl adjacent to an activating group) is 1. The lowest BCUT2D eigenvalue weighted by molar-refractivity contribution is 0.0383. The van der Waals surface area contributed by atoms with Crippen LogP contribution in [0.4, 0.5) is 0 Å². The molecule has 1 N–H and O–H groups in total. The summed E-state index contributed by atoms with van der Waals surface area (Å²) >= 11 is 0. The van der Waals surface area contributed by atoms with Gasteiger partial charge in [-0.3, -0.25) is 14.5 Å². The molecule has 8 heteroatoms. The quantitative estimate of drug-likeness (QED) is 0.750. The number of rotatable bonds is 6. The Balaban J connectivity index is 1.51. The van der Waals surface area contributed by atoms with Crippen molar-refractivity contribution >= 4 is 11.8 Å². The Morgan fingerprint density at radius 1 is 1.04 bits per heavy atom. The minimum Gasteiger partial charge on any atom is -0.379 e. The number of aromatic nitrogens is 1. The van der Waals surface area contributed by atoms with Crippen LogP contribution in [0.1, 0.15) is 27.9 Å². The molecule has 148 valence electrons. The molecule has 0 spiro atoms. The first-order valence-electron chi connectivity index (χ1n) is 9.74. The predicted molar refractivity (Wildman–Crippen MR) is 102 cm³/mol. The van der Waals surface area contributed by atoms with Gasteiger partial charge in [0.2, 0.25) is 0 Å². The normalized spacial score (nSPS) is 19.1. The average Bonchev–Trinajstić information content (AvgIpc) is 2.74. The molecule has 0 radical (unpaired) electrons. The van der Waals surface area contributed by atoms with Crippen LogP contribution in [-0.4, -0.2) is 104 Å². The lowest BCUT2D eigenvalue weighted by Crippen LogP contribution is -2.48. The first-order chi connectivity index (χ1) is 13.2. The smallest absolute Gasteiger partial charge is 0.272 e. The SMILES string of the molecule is CCN1CCN(C(=O)c2cccc(C(=O)NCCN3CCOCC3)n2)CC1. The fourth-order valence-electron chi connectivity index (χ4n) is 3.35. The van der Waals surface area contributed by atoms with Crippen LogP contribution >= 0.6 is 0 Å². The zero-order valence-electron chi connectivity index (χ0n) is 16.0. The fourth-order valence-corrected chi connectivity index (χ4v) is 3.35. The number of hydrogen-bond acceptors (Lipinski definition) is 6. The van der Waals surface area contributed by atoms with Gasteiger partial charge >= 0.3 is 0 Å². The third kappa shape index (κ3) is 5.47. The maximum atomic E-state index is 12.7. The van der Waals surface area contributed by atoms with Crippen molar-refractivity contribution in [2.24, 2.45) is 0 Å². The maximum Gasteiger partial charge on any atom is 0.272 e. The Bertz CT molecular complexity index is 640. The van der Waals surface area contributed by atoms with Crippen molar-refractivity contribution in [3.63, 3.8) is 0 Å². The first kappa shape index (κ1) is 19.7. The van der Waals surface area contributed by atoms with Gasteiger partial charge in [-0.05, 0) is 18.7 Å². The monoisotopic (exact) mass is 375 g/mol. The number of nitrogens with zero attached hydrogens (tertiary/aromatic N) is 4. The number of amides is 2. The van der Waals surface area contributed by atoms with Gasteiger partial charge in [0.05, 0.1) is 13.2 Å². The van der Waals surface area contributed by atoms with E-state index in [1.165, 1.54) is 0 Å². The second kappa shape index (κ2) is 9.77. The van der Waals surface area contributed by atoms with Crippen molar-refractivity contribution in [3.8, 4) is 0 Å². The second-order valence-electron chi connectivity index (χ2n) is 6.84. The molecule has 0 saturated carbocycles. The highest BCUT2D eigenvalue weighted by Gasteiger charge is 2.23. The van der Waals surface area contributed by atoms with E-state index in [0.717, 1.165) is 52.5 Å². The van der Waals surface area contributed by atoms with Crippen molar-refractivity contribution in [1.82, 2.24) is 25.0 Å². The van der Waals surface area contributed by atoms with E-state index in [9.17, 15) is 9.59 Å². The summed E-state index contributed by atoms with van der Waals surface area (Å²) in [6.07, 6.45) is 0. The molecule has 2 aliphatic heterocycles. The van der Waals surface area contributed by atoms with Crippen LogP contribution in [0.5, 0.6) is 0 Å². The summed E-state index contributed by atoms with van der Waals surface area (Å²) in [4.78, 5) is 35.7. The Labute approximate surface area is 160 Å². The number of hydrogen-bond donors (Lipinski definition) is 1. The van der Waals surface area contributed by atoms with Crippen LogP contribution in [0.3, 0.4) is 0 Å². The average molecular weight is 375 g/mol. The molecule has 2 aliphatic rings. The molecule has 0 atom stereocenters. The molecule has 3 heterocycles. The van der Waals surface area contributed by atoms with Gasteiger partial charge in [-0.1, -0.05) is 13.0 Å². The molecular weight excluding hydrogens is 346 g/mol. The fraction of sp³-hybridized carbons (Fsp3) is 0.632. The molecular formula is C19H29N5O3. The first-order valence-corrected chi connectivity index (χ1v) is 9.74. The summed E-state index contributed by atoms with van der Waals surface area (Å²) < 4.78 is 5.32. The van der Waals surface area contributed by atoms with Gasteiger partial charge in [-0.2, -0.15) is 0 Å². The lowest BCUT2D eigenvalue weighted by Gasteiger charge is -2.33. The largest absolute Gasteiger partial charge is 0.379 e. The van der Waals surface area contributed by atoms with Gasteiger partial charge in [0.25, 0.3) is 11.8 Å². The van der Waals surface area contributed by atoms with E-state index in [1.54, 1.807) is 18.2 Å². The summed E-state index contributed by atoms with van der Waals surface area (Å²) in [7, 11) is 0. The van der Waals surface area contributed by atoms with Gasteiger partial charge < -0.3 is 19.9 Å². The van der Waals surface area contributed by atoms with Gasteiger partial charge in [-0.25, -0.2) is 4.98 Å². The van der Waals surface area contributed by atoms with Crippen LogP contribution in [-0.2, 0) is 4.74 Å². The Morgan fingerprint density at radius 2 is 1.74 bits per heavy atom. The highest BCUT2D eigenvalue weighted by Crippen LogP contribution is 2.08. The zero-order chi connectivity index (χ0) is 19.1. The van der Waals surface area contributed by atoms with E-state index in [2.05, 4.69) is 27.0 Å². The van der Waals surface area contributed by atoms with Crippen LogP contribution in [0.2, 0.25) is 0 Å². The third-order valence-corrected chi connectivity index (χ3v) is 5.12. The third-order valence-electron chi connectivity index (χ3n) is 5.12. The van der Waals surface area contributed by atoms with Crippen molar-refractivity contribution < 1.29 is 14.3 Å². The summed E-state index contributed by atoms with van der Waals surface area (Å²) in [6.45, 7) is 10.9. The molecule has 0 bridgehead atoms. The molecule has 8 nitrogen and oxygen atoms in total. The topological polar surface area (TPSA) is 78.0 Å². The Hall–Kier alpha value is -2.03. The number of piperazine rings is 1. The highest BCUT2D eigenvalue weighted by atomic mass is 16.5. The minimum atomic E-state index is -0.242. The molecule has 0 unspecified atom stereocenters. The molecule has 3 rings (SSSR count). The summed E-state index contributed by atoms with van der Waals surface area (Å²) in [6, 6.07) is 5.05.